The Morgan fingerprint density at radius 3 is 2.67 bits per heavy atom. The number of fused-ring (bicyclic) bond motifs is 1. The smallest absolute Gasteiger partial charge is 0.260 e. The van der Waals surface area contributed by atoms with Gasteiger partial charge in [-0.1, -0.05) is 38.1 Å². The summed E-state index contributed by atoms with van der Waals surface area (Å²) >= 11 is 0. The lowest BCUT2D eigenvalue weighted by molar-refractivity contribution is -0.127. The second kappa shape index (κ2) is 8.33. The molecule has 5 nitrogen and oxygen atoms in total. The van der Waals surface area contributed by atoms with Gasteiger partial charge in [-0.3, -0.25) is 4.79 Å². The summed E-state index contributed by atoms with van der Waals surface area (Å²) in [5.74, 6) is 2.35. The molecule has 0 saturated heterocycles. The third kappa shape index (κ3) is 4.73. The first-order chi connectivity index (χ1) is 12.9. The number of rotatable bonds is 6. The van der Waals surface area contributed by atoms with Gasteiger partial charge in [-0.25, -0.2) is 0 Å². The molecule has 0 fully saturated rings. The van der Waals surface area contributed by atoms with E-state index in [-0.39, 0.29) is 12.0 Å². The number of ether oxygens (including phenoxy) is 3. The lowest BCUT2D eigenvalue weighted by Gasteiger charge is -2.27. The van der Waals surface area contributed by atoms with Gasteiger partial charge in [0, 0.05) is 0 Å². The van der Waals surface area contributed by atoms with E-state index in [4.69, 9.17) is 14.2 Å². The highest BCUT2D eigenvalue weighted by Gasteiger charge is 2.23. The van der Waals surface area contributed by atoms with Crippen molar-refractivity contribution in [3.63, 3.8) is 0 Å². The maximum Gasteiger partial charge on any atom is 0.260 e. The first-order valence-corrected chi connectivity index (χ1v) is 9.37. The van der Waals surface area contributed by atoms with E-state index in [0.29, 0.717) is 24.8 Å². The van der Waals surface area contributed by atoms with Gasteiger partial charge in [0.2, 0.25) is 0 Å². The third-order valence-corrected chi connectivity index (χ3v) is 4.54. The Hall–Kier alpha value is -2.69. The zero-order chi connectivity index (χ0) is 19.4. The molecule has 0 bridgehead atoms. The van der Waals surface area contributed by atoms with Crippen LogP contribution in [0.2, 0.25) is 0 Å². The molecule has 3 rings (SSSR count). The highest BCUT2D eigenvalue weighted by Crippen LogP contribution is 2.31. The summed E-state index contributed by atoms with van der Waals surface area (Å²) in [7, 11) is 0. The van der Waals surface area contributed by atoms with Crippen LogP contribution in [0.15, 0.2) is 42.5 Å². The number of amides is 1. The molecule has 1 heterocycles. The van der Waals surface area contributed by atoms with Crippen LogP contribution in [0.25, 0.3) is 0 Å². The molecule has 1 aliphatic heterocycles. The minimum absolute atomic E-state index is 0.173. The summed E-state index contributed by atoms with van der Waals surface area (Å²) in [6.07, 6.45) is -0.817. The first kappa shape index (κ1) is 19.1. The largest absolute Gasteiger partial charge is 0.486 e. The van der Waals surface area contributed by atoms with Gasteiger partial charge in [-0.2, -0.15) is 0 Å². The maximum atomic E-state index is 12.5. The summed E-state index contributed by atoms with van der Waals surface area (Å²) in [6.45, 7) is 8.77. The van der Waals surface area contributed by atoms with E-state index in [9.17, 15) is 4.79 Å². The minimum atomic E-state index is -0.596. The number of para-hydroxylation sites is 2. The predicted molar refractivity (Wildman–Crippen MR) is 105 cm³/mol. The van der Waals surface area contributed by atoms with Crippen molar-refractivity contribution in [2.45, 2.75) is 45.8 Å². The third-order valence-electron chi connectivity index (χ3n) is 4.54. The molecular formula is C22H27NO4. The van der Waals surface area contributed by atoms with Crippen LogP contribution >= 0.6 is 0 Å². The molecular weight excluding hydrogens is 342 g/mol. The van der Waals surface area contributed by atoms with E-state index < -0.39 is 6.10 Å². The molecule has 1 aliphatic rings. The van der Waals surface area contributed by atoms with E-state index in [2.05, 4.69) is 31.3 Å². The maximum absolute atomic E-state index is 12.5. The van der Waals surface area contributed by atoms with Crippen molar-refractivity contribution >= 4 is 5.91 Å². The van der Waals surface area contributed by atoms with Gasteiger partial charge in [0.15, 0.2) is 17.6 Å². The minimum Gasteiger partial charge on any atom is -0.486 e. The highest BCUT2D eigenvalue weighted by molar-refractivity contribution is 5.80. The molecule has 5 heteroatoms. The van der Waals surface area contributed by atoms with Crippen LogP contribution < -0.4 is 19.5 Å². The Morgan fingerprint density at radius 2 is 1.93 bits per heavy atom. The van der Waals surface area contributed by atoms with Gasteiger partial charge in [0.05, 0.1) is 6.54 Å². The van der Waals surface area contributed by atoms with E-state index in [0.717, 1.165) is 22.6 Å². The summed E-state index contributed by atoms with van der Waals surface area (Å²) in [5.41, 5.74) is 2.20. The Balaban J connectivity index is 1.55. The second-order valence-electron chi connectivity index (χ2n) is 7.20. The van der Waals surface area contributed by atoms with Crippen LogP contribution in [0.1, 0.15) is 37.8 Å². The monoisotopic (exact) mass is 369 g/mol. The fourth-order valence-corrected chi connectivity index (χ4v) is 2.99. The predicted octanol–water partition coefficient (Wildman–Crippen LogP) is 3.84. The molecule has 2 aromatic rings. The van der Waals surface area contributed by atoms with E-state index in [1.807, 2.05) is 37.3 Å². The SMILES string of the molecule is Cc1ccc(C(C)C)c(O[C@@H](C)C(=O)NC[C@@H]2COc3ccccc3O2)c1. The molecule has 0 radical (unpaired) electrons. The molecule has 0 saturated carbocycles. The van der Waals surface area contributed by atoms with Crippen molar-refractivity contribution in [1.82, 2.24) is 5.32 Å². The zero-order valence-electron chi connectivity index (χ0n) is 16.3. The van der Waals surface area contributed by atoms with Crippen molar-refractivity contribution in [2.24, 2.45) is 0 Å². The highest BCUT2D eigenvalue weighted by atomic mass is 16.6. The molecule has 2 aromatic carbocycles. The normalized spacial score (nSPS) is 16.7. The topological polar surface area (TPSA) is 56.8 Å². The number of carbonyl (C=O) groups is 1. The van der Waals surface area contributed by atoms with Gasteiger partial charge >= 0.3 is 0 Å². The summed E-state index contributed by atoms with van der Waals surface area (Å²) in [4.78, 5) is 12.5. The van der Waals surface area contributed by atoms with Crippen molar-refractivity contribution < 1.29 is 19.0 Å². The molecule has 0 aliphatic carbocycles. The van der Waals surface area contributed by atoms with Crippen molar-refractivity contribution in [2.75, 3.05) is 13.2 Å². The van der Waals surface area contributed by atoms with Crippen LogP contribution in [-0.4, -0.2) is 31.3 Å². The van der Waals surface area contributed by atoms with Crippen LogP contribution in [0, 0.1) is 6.92 Å². The van der Waals surface area contributed by atoms with Crippen LogP contribution in [-0.2, 0) is 4.79 Å². The number of hydrogen-bond acceptors (Lipinski definition) is 4. The van der Waals surface area contributed by atoms with E-state index >= 15 is 0 Å². The Bertz CT molecular complexity index is 803. The van der Waals surface area contributed by atoms with E-state index in [1.165, 1.54) is 0 Å². The number of nitrogens with one attached hydrogen (secondary N) is 1. The molecule has 27 heavy (non-hydrogen) atoms. The van der Waals surface area contributed by atoms with Crippen molar-refractivity contribution in [3.8, 4) is 17.2 Å². The molecule has 144 valence electrons. The fourth-order valence-electron chi connectivity index (χ4n) is 2.99. The van der Waals surface area contributed by atoms with E-state index in [1.54, 1.807) is 6.92 Å². The zero-order valence-corrected chi connectivity index (χ0v) is 16.3. The van der Waals surface area contributed by atoms with Crippen LogP contribution in [0.4, 0.5) is 0 Å². The molecule has 0 spiro atoms. The summed E-state index contributed by atoms with van der Waals surface area (Å²) in [6, 6.07) is 13.6. The first-order valence-electron chi connectivity index (χ1n) is 9.37. The number of hydrogen-bond donors (Lipinski definition) is 1. The molecule has 0 aromatic heterocycles. The number of carbonyl (C=O) groups excluding carboxylic acids is 1. The van der Waals surface area contributed by atoms with Gasteiger partial charge in [-0.15, -0.1) is 0 Å². The van der Waals surface area contributed by atoms with Gasteiger partial charge in [-0.05, 0) is 49.1 Å². The number of aryl methyl sites for hydroxylation is 1. The summed E-state index contributed by atoms with van der Waals surface area (Å²) in [5, 5.41) is 2.90. The Labute approximate surface area is 160 Å². The Morgan fingerprint density at radius 1 is 1.19 bits per heavy atom. The average molecular weight is 369 g/mol. The van der Waals surface area contributed by atoms with Crippen molar-refractivity contribution in [1.29, 1.82) is 0 Å². The number of benzene rings is 2. The average Bonchev–Trinajstić information content (AvgIpc) is 2.65. The quantitative estimate of drug-likeness (QED) is 0.840. The lowest BCUT2D eigenvalue weighted by atomic mass is 10.0. The fraction of sp³-hybridized carbons (Fsp3) is 0.409. The molecule has 2 atom stereocenters. The van der Waals surface area contributed by atoms with Gasteiger partial charge < -0.3 is 19.5 Å². The molecule has 0 unspecified atom stereocenters. The molecule has 1 amide bonds. The van der Waals surface area contributed by atoms with Crippen molar-refractivity contribution in [3.05, 3.63) is 53.6 Å². The Kier molecular flexibility index (Phi) is 5.89. The standard InChI is InChI=1S/C22H27NO4/c1-14(2)18-10-9-15(3)11-21(18)26-16(4)22(24)23-12-17-13-25-19-7-5-6-8-20(19)27-17/h5-11,14,16-17H,12-13H2,1-4H3,(H,23,24)/t16-,17+/m0/s1. The lowest BCUT2D eigenvalue weighted by Crippen LogP contribution is -2.44. The second-order valence-corrected chi connectivity index (χ2v) is 7.20. The van der Waals surface area contributed by atoms with Crippen LogP contribution in [0.3, 0.4) is 0 Å². The molecule has 1 N–H and O–H groups in total. The van der Waals surface area contributed by atoms with Gasteiger partial charge in [0.1, 0.15) is 18.5 Å². The summed E-state index contributed by atoms with van der Waals surface area (Å²) < 4.78 is 17.5. The van der Waals surface area contributed by atoms with Crippen LogP contribution in [0.5, 0.6) is 17.2 Å². The van der Waals surface area contributed by atoms with Gasteiger partial charge in [0.25, 0.3) is 5.91 Å².